The third-order valence-corrected chi connectivity index (χ3v) is 8.49. The summed E-state index contributed by atoms with van der Waals surface area (Å²) in [5.41, 5.74) is 6.59. The molecule has 0 saturated carbocycles. The highest BCUT2D eigenvalue weighted by molar-refractivity contribution is 6.31. The fourth-order valence-corrected chi connectivity index (χ4v) is 6.09. The minimum atomic E-state index is -0.380. The van der Waals surface area contributed by atoms with Gasteiger partial charge in [-0.3, -0.25) is 4.90 Å². The molecule has 6 heteroatoms. The molecule has 2 heterocycles. The van der Waals surface area contributed by atoms with Crippen molar-refractivity contribution in [2.24, 2.45) is 5.92 Å². The molecule has 1 aliphatic heterocycles. The molecular weight excluding hydrogens is 556 g/mol. The van der Waals surface area contributed by atoms with Crippen molar-refractivity contribution in [2.75, 3.05) is 6.54 Å². The Morgan fingerprint density at radius 1 is 0.953 bits per heavy atom. The summed E-state index contributed by atoms with van der Waals surface area (Å²) in [4.78, 5) is 19.1. The Kier molecular flexibility index (Phi) is 8.44. The number of ether oxygens (including phenoxy) is 2. The van der Waals surface area contributed by atoms with Crippen molar-refractivity contribution in [2.45, 2.75) is 52.5 Å². The van der Waals surface area contributed by atoms with Crippen molar-refractivity contribution < 1.29 is 14.3 Å². The highest BCUT2D eigenvalue weighted by atomic mass is 35.5. The van der Waals surface area contributed by atoms with E-state index in [9.17, 15) is 4.79 Å². The number of amides is 1. The fraction of sp³-hybridized carbons (Fsp3) is 0.270. The predicted octanol–water partition coefficient (Wildman–Crippen LogP) is 9.86. The highest BCUT2D eigenvalue weighted by Gasteiger charge is 2.35. The van der Waals surface area contributed by atoms with Crippen molar-refractivity contribution >= 4 is 28.6 Å². The van der Waals surface area contributed by atoms with E-state index < -0.39 is 0 Å². The first kappa shape index (κ1) is 28.9. The van der Waals surface area contributed by atoms with Crippen LogP contribution in [-0.4, -0.2) is 22.5 Å². The number of rotatable bonds is 4. The Morgan fingerprint density at radius 3 is 2.51 bits per heavy atom. The molecular formula is C37H37ClN2O3. The number of aromatic nitrogens is 1. The molecule has 43 heavy (non-hydrogen) atoms. The summed E-state index contributed by atoms with van der Waals surface area (Å²) in [6.07, 6.45) is 11.9. The van der Waals surface area contributed by atoms with Crippen LogP contribution in [0.1, 0.15) is 61.5 Å². The van der Waals surface area contributed by atoms with Crippen LogP contribution in [0.5, 0.6) is 11.5 Å². The highest BCUT2D eigenvalue weighted by Crippen LogP contribution is 2.40. The lowest BCUT2D eigenvalue weighted by atomic mass is 9.92. The average molecular weight is 593 g/mol. The van der Waals surface area contributed by atoms with Crippen molar-refractivity contribution in [3.8, 4) is 11.5 Å². The van der Waals surface area contributed by atoms with E-state index in [1.165, 1.54) is 11.1 Å². The first-order chi connectivity index (χ1) is 20.8. The van der Waals surface area contributed by atoms with Crippen molar-refractivity contribution in [1.82, 2.24) is 9.88 Å². The standard InChI is InChI=1S/C37H37ClN2O3/c1-24-6-4-5-7-26(3)22-31(16-10-24)42-29-17-11-27(12-18-29)36-35-32(33-23-28(38)13-19-34(33)39-35)20-21-40(36)37(41)43-30-14-8-25(2)9-15-30/h4-6,8-9,11-15,17-19,22-23,26,36,39H,7,10,16,20-21H2,1-3H3. The number of nitrogens with one attached hydrogen (secondary N) is 1. The Labute approximate surface area is 258 Å². The van der Waals surface area contributed by atoms with Gasteiger partial charge in [-0.1, -0.05) is 72.2 Å². The number of hydrogen-bond donors (Lipinski definition) is 1. The molecule has 4 aromatic rings. The molecule has 0 bridgehead atoms. The zero-order valence-electron chi connectivity index (χ0n) is 24.9. The minimum Gasteiger partial charge on any atom is -0.462 e. The third kappa shape index (κ3) is 6.57. The van der Waals surface area contributed by atoms with Gasteiger partial charge < -0.3 is 14.5 Å². The Morgan fingerprint density at radius 2 is 1.72 bits per heavy atom. The number of aryl methyl sites for hydroxylation is 1. The van der Waals surface area contributed by atoms with Gasteiger partial charge in [0.2, 0.25) is 0 Å². The summed E-state index contributed by atoms with van der Waals surface area (Å²) in [5, 5.41) is 1.79. The molecule has 1 aromatic heterocycles. The van der Waals surface area contributed by atoms with Gasteiger partial charge in [-0.05, 0) is 98.7 Å². The van der Waals surface area contributed by atoms with Gasteiger partial charge in [0.05, 0.1) is 0 Å². The Balaban J connectivity index is 1.31. The van der Waals surface area contributed by atoms with Crippen molar-refractivity contribution in [3.63, 3.8) is 0 Å². The van der Waals surface area contributed by atoms with E-state index >= 15 is 0 Å². The zero-order chi connectivity index (χ0) is 29.9. The van der Waals surface area contributed by atoms with E-state index in [0.29, 0.717) is 29.7 Å². The molecule has 0 saturated heterocycles. The molecule has 1 amide bonds. The van der Waals surface area contributed by atoms with Gasteiger partial charge in [0.25, 0.3) is 0 Å². The van der Waals surface area contributed by atoms with E-state index in [1.807, 2.05) is 66.4 Å². The molecule has 1 aliphatic carbocycles. The number of benzene rings is 3. The number of allylic oxidation sites excluding steroid dienone is 6. The number of aromatic amines is 1. The van der Waals surface area contributed by atoms with Crippen LogP contribution in [-0.2, 0) is 6.42 Å². The number of carbonyl (C=O) groups is 1. The number of halogens is 1. The number of hydrogen-bond acceptors (Lipinski definition) is 3. The van der Waals surface area contributed by atoms with Crippen LogP contribution in [0.4, 0.5) is 4.79 Å². The van der Waals surface area contributed by atoms with Gasteiger partial charge in [-0.2, -0.15) is 0 Å². The molecule has 6 rings (SSSR count). The predicted molar refractivity (Wildman–Crippen MR) is 174 cm³/mol. The van der Waals surface area contributed by atoms with Crippen LogP contribution in [0.15, 0.2) is 102 Å². The first-order valence-electron chi connectivity index (χ1n) is 15.0. The number of nitrogens with zero attached hydrogens (tertiary/aromatic N) is 1. The van der Waals surface area contributed by atoms with Crippen LogP contribution in [0, 0.1) is 12.8 Å². The minimum absolute atomic E-state index is 0.352. The molecule has 0 spiro atoms. The zero-order valence-corrected chi connectivity index (χ0v) is 25.7. The number of H-pyrrole nitrogens is 1. The normalized spacial score (nSPS) is 18.9. The van der Waals surface area contributed by atoms with Crippen molar-refractivity contribution in [3.05, 3.63) is 130 Å². The van der Waals surface area contributed by atoms with Crippen LogP contribution < -0.4 is 9.47 Å². The summed E-state index contributed by atoms with van der Waals surface area (Å²) >= 11 is 6.38. The van der Waals surface area contributed by atoms with Gasteiger partial charge in [0.1, 0.15) is 23.3 Å². The third-order valence-electron chi connectivity index (χ3n) is 8.26. The van der Waals surface area contributed by atoms with Crippen molar-refractivity contribution in [1.29, 1.82) is 0 Å². The molecule has 5 nitrogen and oxygen atoms in total. The van der Waals surface area contributed by atoms with Crippen LogP contribution in [0.25, 0.3) is 10.9 Å². The molecule has 2 unspecified atom stereocenters. The lowest BCUT2D eigenvalue weighted by molar-refractivity contribution is 0.135. The van der Waals surface area contributed by atoms with Gasteiger partial charge in [-0.25, -0.2) is 4.79 Å². The monoisotopic (exact) mass is 592 g/mol. The maximum atomic E-state index is 13.6. The van der Waals surface area contributed by atoms with Crippen LogP contribution >= 0.6 is 11.6 Å². The van der Waals surface area contributed by atoms with Gasteiger partial charge in [-0.15, -0.1) is 0 Å². The van der Waals surface area contributed by atoms with E-state index in [0.717, 1.165) is 58.5 Å². The second-order valence-corrected chi connectivity index (χ2v) is 12.1. The lowest BCUT2D eigenvalue weighted by Gasteiger charge is -2.35. The van der Waals surface area contributed by atoms with Crippen LogP contribution in [0.2, 0.25) is 5.02 Å². The SMILES string of the molecule is CC1=CC=CCC(C)C=C(Oc2ccc(C3c4[nH]c5ccc(Cl)cc5c4CCN3C(=O)Oc3ccc(C)cc3)cc2)CC1. The summed E-state index contributed by atoms with van der Waals surface area (Å²) in [5.74, 6) is 2.69. The maximum absolute atomic E-state index is 13.6. The van der Waals surface area contributed by atoms with Gasteiger partial charge in [0.15, 0.2) is 0 Å². The number of fused-ring (bicyclic) bond motifs is 3. The molecule has 2 aliphatic rings. The Hall–Kier alpha value is -4.22. The summed E-state index contributed by atoms with van der Waals surface area (Å²) in [7, 11) is 0. The maximum Gasteiger partial charge on any atom is 0.416 e. The molecule has 220 valence electrons. The number of carbonyl (C=O) groups excluding carboxylic acids is 1. The molecule has 0 fully saturated rings. The smallest absolute Gasteiger partial charge is 0.416 e. The summed E-state index contributed by atoms with van der Waals surface area (Å²) in [6, 6.07) is 21.2. The van der Waals surface area contributed by atoms with Crippen LogP contribution in [0.3, 0.4) is 0 Å². The van der Waals surface area contributed by atoms with E-state index in [2.05, 4.69) is 55.3 Å². The molecule has 1 N–H and O–H groups in total. The average Bonchev–Trinajstić information content (AvgIpc) is 3.37. The van der Waals surface area contributed by atoms with E-state index in [4.69, 9.17) is 21.1 Å². The second kappa shape index (κ2) is 12.6. The van der Waals surface area contributed by atoms with Gasteiger partial charge >= 0.3 is 6.09 Å². The largest absolute Gasteiger partial charge is 0.462 e. The quantitative estimate of drug-likeness (QED) is 0.256. The summed E-state index contributed by atoms with van der Waals surface area (Å²) < 4.78 is 12.3. The topological polar surface area (TPSA) is 54.6 Å². The summed E-state index contributed by atoms with van der Waals surface area (Å²) in [6.45, 7) is 6.91. The molecule has 2 atom stereocenters. The molecule has 3 aromatic carbocycles. The molecule has 0 radical (unpaired) electrons. The van der Waals surface area contributed by atoms with Gasteiger partial charge in [0, 0.05) is 34.6 Å². The first-order valence-corrected chi connectivity index (χ1v) is 15.4. The fourth-order valence-electron chi connectivity index (χ4n) is 5.92. The Bertz CT molecular complexity index is 1710. The lowest BCUT2D eigenvalue weighted by Crippen LogP contribution is -2.42. The van der Waals surface area contributed by atoms with E-state index in [-0.39, 0.29) is 12.1 Å². The van der Waals surface area contributed by atoms with E-state index in [1.54, 1.807) is 0 Å². The second-order valence-electron chi connectivity index (χ2n) is 11.7.